The molecule has 0 unspecified atom stereocenters. The number of imidazole rings is 1. The average molecular weight is 488 g/mol. The third-order valence-corrected chi connectivity index (χ3v) is 6.60. The van der Waals surface area contributed by atoms with E-state index < -0.39 is 0 Å². The van der Waals surface area contributed by atoms with Crippen molar-refractivity contribution in [3.63, 3.8) is 0 Å². The summed E-state index contributed by atoms with van der Waals surface area (Å²) < 4.78 is 12.9. The van der Waals surface area contributed by atoms with E-state index in [1.807, 2.05) is 41.7 Å². The van der Waals surface area contributed by atoms with Gasteiger partial charge in [-0.2, -0.15) is 0 Å². The Labute approximate surface area is 202 Å². The van der Waals surface area contributed by atoms with Crippen LogP contribution in [0.15, 0.2) is 41.9 Å². The predicted molar refractivity (Wildman–Crippen MR) is 128 cm³/mol. The van der Waals surface area contributed by atoms with E-state index in [9.17, 15) is 4.79 Å². The van der Waals surface area contributed by atoms with E-state index in [0.29, 0.717) is 24.8 Å². The lowest BCUT2D eigenvalue weighted by atomic mass is 9.95. The summed E-state index contributed by atoms with van der Waals surface area (Å²) in [5.74, 6) is 2.65. The number of likely N-dealkylation sites (tertiary alicyclic amines) is 1. The zero-order chi connectivity index (χ0) is 23.4. The molecule has 0 N–H and O–H groups in total. The van der Waals surface area contributed by atoms with Gasteiger partial charge < -0.3 is 18.9 Å². The standard InChI is InChI=1S/C23H26ClN5O3S/c1-31-17-10-15(11-18(12-17)32-2)14-29-9-6-25-21(29)16-4-7-28(8-5-16)22(30)20-19(24)13-26-23(27-20)33-3/h6,9-13,16H,4-5,7-8,14H2,1-3H3. The van der Waals surface area contributed by atoms with Crippen molar-refractivity contribution in [1.82, 2.24) is 24.4 Å². The van der Waals surface area contributed by atoms with E-state index in [-0.39, 0.29) is 22.5 Å². The summed E-state index contributed by atoms with van der Waals surface area (Å²) in [4.78, 5) is 27.9. The first-order valence-electron chi connectivity index (χ1n) is 10.6. The Morgan fingerprint density at radius 1 is 1.15 bits per heavy atom. The maximum Gasteiger partial charge on any atom is 0.274 e. The summed E-state index contributed by atoms with van der Waals surface area (Å²) in [5, 5.41) is 0.818. The number of carbonyl (C=O) groups is 1. The van der Waals surface area contributed by atoms with Crippen LogP contribution in [0, 0.1) is 0 Å². The first-order valence-corrected chi connectivity index (χ1v) is 12.2. The molecule has 0 atom stereocenters. The highest BCUT2D eigenvalue weighted by Crippen LogP contribution is 2.30. The fourth-order valence-corrected chi connectivity index (χ4v) is 4.57. The number of nitrogens with zero attached hydrogens (tertiary/aromatic N) is 5. The Balaban J connectivity index is 1.45. The maximum atomic E-state index is 13.0. The van der Waals surface area contributed by atoms with Crippen molar-refractivity contribution in [3.8, 4) is 11.5 Å². The molecule has 0 radical (unpaired) electrons. The number of halogens is 1. The molecule has 1 aliphatic heterocycles. The number of methoxy groups -OCH3 is 2. The number of rotatable bonds is 7. The first kappa shape index (κ1) is 23.4. The van der Waals surface area contributed by atoms with Gasteiger partial charge in [-0.3, -0.25) is 4.79 Å². The largest absolute Gasteiger partial charge is 0.497 e. The lowest BCUT2D eigenvalue weighted by Gasteiger charge is -2.32. The molecule has 0 aliphatic carbocycles. The van der Waals surface area contributed by atoms with Gasteiger partial charge in [0.1, 0.15) is 17.3 Å². The van der Waals surface area contributed by atoms with Crippen LogP contribution in [0.5, 0.6) is 11.5 Å². The SMILES string of the molecule is COc1cc(Cn2ccnc2C2CCN(C(=O)c3nc(SC)ncc3Cl)CC2)cc(OC)c1. The van der Waals surface area contributed by atoms with Crippen LogP contribution in [0.25, 0.3) is 0 Å². The molecule has 0 saturated carbocycles. The van der Waals surface area contributed by atoms with Crippen LogP contribution >= 0.6 is 23.4 Å². The summed E-state index contributed by atoms with van der Waals surface area (Å²) in [6.45, 7) is 1.91. The van der Waals surface area contributed by atoms with Gasteiger partial charge in [-0.25, -0.2) is 15.0 Å². The van der Waals surface area contributed by atoms with E-state index >= 15 is 0 Å². The van der Waals surface area contributed by atoms with Gasteiger partial charge in [0.25, 0.3) is 5.91 Å². The zero-order valence-corrected chi connectivity index (χ0v) is 20.4. The lowest BCUT2D eigenvalue weighted by Crippen LogP contribution is -2.39. The lowest BCUT2D eigenvalue weighted by molar-refractivity contribution is 0.0703. The minimum atomic E-state index is -0.150. The van der Waals surface area contributed by atoms with E-state index in [4.69, 9.17) is 21.1 Å². The number of hydrogen-bond donors (Lipinski definition) is 0. The van der Waals surface area contributed by atoms with Gasteiger partial charge in [0, 0.05) is 44.0 Å². The summed E-state index contributed by atoms with van der Waals surface area (Å²) >= 11 is 7.59. The molecule has 3 heterocycles. The molecular formula is C23H26ClN5O3S. The minimum Gasteiger partial charge on any atom is -0.497 e. The van der Waals surface area contributed by atoms with Crippen LogP contribution in [0.3, 0.4) is 0 Å². The molecule has 8 nitrogen and oxygen atoms in total. The van der Waals surface area contributed by atoms with Crippen molar-refractivity contribution in [1.29, 1.82) is 0 Å². The molecule has 0 spiro atoms. The Bertz CT molecular complexity index is 1110. The number of benzene rings is 1. The number of piperidine rings is 1. The Hall–Kier alpha value is -2.78. The van der Waals surface area contributed by atoms with Crippen LogP contribution in [0.4, 0.5) is 0 Å². The molecule has 4 rings (SSSR count). The van der Waals surface area contributed by atoms with Crippen molar-refractivity contribution in [2.24, 2.45) is 0 Å². The molecule has 10 heteroatoms. The number of thioether (sulfide) groups is 1. The van der Waals surface area contributed by atoms with Crippen molar-refractivity contribution >= 4 is 29.3 Å². The van der Waals surface area contributed by atoms with Crippen molar-refractivity contribution in [2.75, 3.05) is 33.6 Å². The van der Waals surface area contributed by atoms with E-state index in [0.717, 1.165) is 35.7 Å². The Kier molecular flexibility index (Phi) is 7.39. The summed E-state index contributed by atoms with van der Waals surface area (Å²) in [5.41, 5.74) is 1.34. The highest BCUT2D eigenvalue weighted by atomic mass is 35.5. The quantitative estimate of drug-likeness (QED) is 0.366. The van der Waals surface area contributed by atoms with Gasteiger partial charge in [-0.1, -0.05) is 23.4 Å². The monoisotopic (exact) mass is 487 g/mol. The highest BCUT2D eigenvalue weighted by molar-refractivity contribution is 7.98. The molecule has 1 fully saturated rings. The zero-order valence-electron chi connectivity index (χ0n) is 18.8. The number of carbonyl (C=O) groups excluding carboxylic acids is 1. The maximum absolute atomic E-state index is 13.0. The van der Waals surface area contributed by atoms with E-state index in [1.54, 1.807) is 14.2 Å². The first-order chi connectivity index (χ1) is 16.0. The smallest absolute Gasteiger partial charge is 0.274 e. The second kappa shape index (κ2) is 10.4. The van der Waals surface area contributed by atoms with Crippen LogP contribution < -0.4 is 9.47 Å². The van der Waals surface area contributed by atoms with Crippen molar-refractivity contribution in [3.05, 3.63) is 58.9 Å². The molecule has 1 amide bonds. The average Bonchev–Trinajstić information content (AvgIpc) is 3.31. The summed E-state index contributed by atoms with van der Waals surface area (Å²) in [7, 11) is 3.29. The number of hydrogen-bond acceptors (Lipinski definition) is 7. The minimum absolute atomic E-state index is 0.150. The predicted octanol–water partition coefficient (Wildman–Crippen LogP) is 4.13. The van der Waals surface area contributed by atoms with E-state index in [2.05, 4.69) is 19.5 Å². The van der Waals surface area contributed by atoms with Gasteiger partial charge in [0.15, 0.2) is 10.9 Å². The van der Waals surface area contributed by atoms with Crippen molar-refractivity contribution in [2.45, 2.75) is 30.5 Å². The summed E-state index contributed by atoms with van der Waals surface area (Å²) in [6, 6.07) is 5.86. The molecule has 1 aliphatic rings. The Morgan fingerprint density at radius 3 is 2.48 bits per heavy atom. The normalized spacial score (nSPS) is 14.4. The molecule has 2 aromatic heterocycles. The van der Waals surface area contributed by atoms with Crippen molar-refractivity contribution < 1.29 is 14.3 Å². The fourth-order valence-electron chi connectivity index (χ4n) is 4.06. The molecule has 174 valence electrons. The second-order valence-electron chi connectivity index (χ2n) is 7.75. The van der Waals surface area contributed by atoms with Crippen LogP contribution in [-0.4, -0.2) is 63.9 Å². The second-order valence-corrected chi connectivity index (χ2v) is 8.93. The molecule has 33 heavy (non-hydrogen) atoms. The van der Waals surface area contributed by atoms with Gasteiger partial charge in [-0.15, -0.1) is 0 Å². The van der Waals surface area contributed by atoms with Gasteiger partial charge in [0.2, 0.25) is 0 Å². The highest BCUT2D eigenvalue weighted by Gasteiger charge is 2.29. The van der Waals surface area contributed by atoms with E-state index in [1.165, 1.54) is 18.0 Å². The van der Waals surface area contributed by atoms with Crippen LogP contribution in [0.1, 0.15) is 40.6 Å². The number of ether oxygens (including phenoxy) is 2. The molecular weight excluding hydrogens is 462 g/mol. The fraction of sp³-hybridized carbons (Fsp3) is 0.391. The van der Waals surface area contributed by atoms with Gasteiger partial charge in [-0.05, 0) is 36.8 Å². The Morgan fingerprint density at radius 2 is 1.85 bits per heavy atom. The number of aromatic nitrogens is 4. The molecule has 1 saturated heterocycles. The topological polar surface area (TPSA) is 82.4 Å². The molecule has 1 aromatic carbocycles. The van der Waals surface area contributed by atoms with Crippen LogP contribution in [0.2, 0.25) is 5.02 Å². The van der Waals surface area contributed by atoms with Gasteiger partial charge in [0.05, 0.1) is 25.4 Å². The molecule has 0 bridgehead atoms. The number of amides is 1. The third-order valence-electron chi connectivity index (χ3n) is 5.77. The van der Waals surface area contributed by atoms with Gasteiger partial charge >= 0.3 is 0 Å². The summed E-state index contributed by atoms with van der Waals surface area (Å²) in [6.07, 6.45) is 8.82. The third kappa shape index (κ3) is 5.25. The molecule has 3 aromatic rings. The van der Waals surface area contributed by atoms with Crippen LogP contribution in [-0.2, 0) is 6.54 Å².